The number of alkyl halides is 3. The number of pyridine rings is 1. The number of hydrogen-bond acceptors (Lipinski definition) is 2. The highest BCUT2D eigenvalue weighted by Crippen LogP contribution is 2.33. The minimum atomic E-state index is -4.69. The predicted octanol–water partition coefficient (Wildman–Crippen LogP) is 5.96. The topological polar surface area (TPSA) is 62.0 Å². The fourth-order valence-electron chi connectivity index (χ4n) is 4.43. The molecule has 1 aliphatic rings. The van der Waals surface area contributed by atoms with Crippen LogP contribution in [0.15, 0.2) is 71.5 Å². The van der Waals surface area contributed by atoms with Crippen molar-refractivity contribution in [3.8, 4) is 0 Å². The van der Waals surface area contributed by atoms with Crippen molar-refractivity contribution in [1.82, 2.24) is 10.3 Å². The Labute approximate surface area is 189 Å². The molecule has 0 bridgehead atoms. The second kappa shape index (κ2) is 9.65. The normalized spacial score (nSPS) is 15.7. The fourth-order valence-corrected chi connectivity index (χ4v) is 4.43. The summed E-state index contributed by atoms with van der Waals surface area (Å²) in [6, 6.07) is 18.4. The number of benzene rings is 2. The number of H-pyrrole nitrogens is 1. The van der Waals surface area contributed by atoms with Crippen LogP contribution in [-0.4, -0.2) is 10.9 Å². The van der Waals surface area contributed by atoms with Gasteiger partial charge >= 0.3 is 6.18 Å². The van der Waals surface area contributed by atoms with E-state index < -0.39 is 29.4 Å². The lowest BCUT2D eigenvalue weighted by atomic mass is 9.83. The zero-order valence-electron chi connectivity index (χ0n) is 18.0. The molecule has 3 aromatic rings. The highest BCUT2D eigenvalue weighted by Gasteiger charge is 2.32. The highest BCUT2D eigenvalue weighted by molar-refractivity contribution is 5.94. The van der Waals surface area contributed by atoms with Crippen molar-refractivity contribution in [2.45, 2.75) is 50.2 Å². The maximum absolute atomic E-state index is 12.9. The Hall–Kier alpha value is -3.35. The monoisotopic (exact) mass is 454 g/mol. The molecule has 33 heavy (non-hydrogen) atoms. The predicted molar refractivity (Wildman–Crippen MR) is 120 cm³/mol. The third-order valence-electron chi connectivity index (χ3n) is 6.21. The minimum absolute atomic E-state index is 0.372. The first-order chi connectivity index (χ1) is 15.8. The van der Waals surface area contributed by atoms with Gasteiger partial charge in [-0.05, 0) is 47.6 Å². The Morgan fingerprint density at radius 2 is 1.52 bits per heavy atom. The molecule has 1 amide bonds. The van der Waals surface area contributed by atoms with Crippen LogP contribution in [0, 0.1) is 0 Å². The Balaban J connectivity index is 1.61. The van der Waals surface area contributed by atoms with Crippen LogP contribution >= 0.6 is 0 Å². The first kappa shape index (κ1) is 22.8. The van der Waals surface area contributed by atoms with Gasteiger partial charge in [-0.15, -0.1) is 0 Å². The first-order valence-corrected chi connectivity index (χ1v) is 11.1. The number of carbonyl (C=O) groups excluding carboxylic acids is 1. The molecule has 1 unspecified atom stereocenters. The molecule has 0 radical (unpaired) electrons. The summed E-state index contributed by atoms with van der Waals surface area (Å²) in [5.41, 5.74) is 0.263. The summed E-state index contributed by atoms with van der Waals surface area (Å²) in [6.45, 7) is 0. The molecular weight excluding hydrogens is 429 g/mol. The molecule has 0 aliphatic heterocycles. The average molecular weight is 454 g/mol. The van der Waals surface area contributed by atoms with E-state index in [1.807, 2.05) is 42.5 Å². The molecule has 1 fully saturated rings. The summed E-state index contributed by atoms with van der Waals surface area (Å²) < 4.78 is 38.5. The van der Waals surface area contributed by atoms with Crippen LogP contribution in [0.1, 0.15) is 76.8 Å². The molecule has 2 N–H and O–H groups in total. The van der Waals surface area contributed by atoms with E-state index in [2.05, 4.69) is 17.4 Å². The lowest BCUT2D eigenvalue weighted by Crippen LogP contribution is -2.34. The van der Waals surface area contributed by atoms with E-state index in [4.69, 9.17) is 0 Å². The lowest BCUT2D eigenvalue weighted by Gasteiger charge is -2.24. The Bertz CT molecular complexity index is 1150. The van der Waals surface area contributed by atoms with Gasteiger partial charge in [0.1, 0.15) is 11.3 Å². The molecule has 7 heteroatoms. The first-order valence-electron chi connectivity index (χ1n) is 11.1. The summed E-state index contributed by atoms with van der Waals surface area (Å²) >= 11 is 0. The SMILES string of the molecule is O=C(NC(c1ccccc1)c1ccc(C2CCCCC2)cc1)c1ccc(C(F)(F)F)[nH]c1=O. The van der Waals surface area contributed by atoms with Crippen molar-refractivity contribution in [3.63, 3.8) is 0 Å². The van der Waals surface area contributed by atoms with Crippen molar-refractivity contribution in [1.29, 1.82) is 0 Å². The van der Waals surface area contributed by atoms with Gasteiger partial charge in [0.15, 0.2) is 0 Å². The van der Waals surface area contributed by atoms with E-state index >= 15 is 0 Å². The minimum Gasteiger partial charge on any atom is -0.341 e. The van der Waals surface area contributed by atoms with Crippen LogP contribution in [0.3, 0.4) is 0 Å². The number of halogens is 3. The lowest BCUT2D eigenvalue weighted by molar-refractivity contribution is -0.141. The molecule has 1 heterocycles. The van der Waals surface area contributed by atoms with Gasteiger partial charge in [0.05, 0.1) is 6.04 Å². The molecule has 0 saturated heterocycles. The van der Waals surface area contributed by atoms with Gasteiger partial charge < -0.3 is 10.3 Å². The van der Waals surface area contributed by atoms with Gasteiger partial charge in [-0.3, -0.25) is 9.59 Å². The number of rotatable bonds is 5. The zero-order valence-corrected chi connectivity index (χ0v) is 18.0. The molecule has 1 aliphatic carbocycles. The number of hydrogen-bond donors (Lipinski definition) is 2. The van der Waals surface area contributed by atoms with Crippen molar-refractivity contribution >= 4 is 5.91 Å². The molecule has 4 rings (SSSR count). The van der Waals surface area contributed by atoms with E-state index in [0.29, 0.717) is 12.0 Å². The molecule has 0 spiro atoms. The molecule has 1 saturated carbocycles. The molecule has 4 nitrogen and oxygen atoms in total. The van der Waals surface area contributed by atoms with E-state index in [0.717, 1.165) is 17.2 Å². The van der Waals surface area contributed by atoms with Gasteiger partial charge in [0.25, 0.3) is 11.5 Å². The third kappa shape index (κ3) is 5.35. The van der Waals surface area contributed by atoms with Crippen LogP contribution in [0.25, 0.3) is 0 Å². The summed E-state index contributed by atoms with van der Waals surface area (Å²) in [7, 11) is 0. The van der Waals surface area contributed by atoms with E-state index in [1.165, 1.54) is 37.7 Å². The number of amides is 1. The largest absolute Gasteiger partial charge is 0.431 e. The zero-order chi connectivity index (χ0) is 23.4. The molecule has 2 aromatic carbocycles. The Morgan fingerprint density at radius 1 is 0.879 bits per heavy atom. The van der Waals surface area contributed by atoms with Gasteiger partial charge in [-0.1, -0.05) is 73.9 Å². The quantitative estimate of drug-likeness (QED) is 0.500. The number of nitrogens with one attached hydrogen (secondary N) is 2. The summed E-state index contributed by atoms with van der Waals surface area (Å²) in [4.78, 5) is 26.8. The Kier molecular flexibility index (Phi) is 6.67. The van der Waals surface area contributed by atoms with E-state index in [1.54, 1.807) is 4.98 Å². The molecule has 1 aromatic heterocycles. The summed E-state index contributed by atoms with van der Waals surface area (Å²) in [5, 5.41) is 2.82. The van der Waals surface area contributed by atoms with E-state index in [9.17, 15) is 22.8 Å². The van der Waals surface area contributed by atoms with Crippen molar-refractivity contribution in [2.24, 2.45) is 0 Å². The van der Waals surface area contributed by atoms with Crippen LogP contribution < -0.4 is 10.9 Å². The van der Waals surface area contributed by atoms with Crippen LogP contribution in [-0.2, 0) is 6.18 Å². The smallest absolute Gasteiger partial charge is 0.341 e. The number of aromatic nitrogens is 1. The van der Waals surface area contributed by atoms with Crippen molar-refractivity contribution in [2.75, 3.05) is 0 Å². The fraction of sp³-hybridized carbons (Fsp3) is 0.308. The third-order valence-corrected chi connectivity index (χ3v) is 6.21. The maximum Gasteiger partial charge on any atom is 0.431 e. The maximum atomic E-state index is 12.9. The van der Waals surface area contributed by atoms with Crippen LogP contribution in [0.5, 0.6) is 0 Å². The second-order valence-electron chi connectivity index (χ2n) is 8.43. The summed E-state index contributed by atoms with van der Waals surface area (Å²) in [6.07, 6.45) is 1.40. The van der Waals surface area contributed by atoms with Crippen molar-refractivity contribution < 1.29 is 18.0 Å². The molecule has 1 atom stereocenters. The number of carbonyl (C=O) groups is 1. The van der Waals surface area contributed by atoms with Gasteiger partial charge in [0.2, 0.25) is 0 Å². The van der Waals surface area contributed by atoms with Crippen molar-refractivity contribution in [3.05, 3.63) is 105 Å². The molecular formula is C26H25F3N2O2. The Morgan fingerprint density at radius 3 is 2.12 bits per heavy atom. The summed E-state index contributed by atoms with van der Waals surface area (Å²) in [5.74, 6) is -0.196. The van der Waals surface area contributed by atoms with Gasteiger partial charge in [-0.2, -0.15) is 13.2 Å². The number of aromatic amines is 1. The standard InChI is InChI=1S/C26H25F3N2O2/c27-26(28,29)22-16-15-21(24(32)30-22)25(33)31-23(19-9-5-2-6-10-19)20-13-11-18(12-14-20)17-7-3-1-4-8-17/h2,5-6,9-17,23H,1,3-4,7-8H2,(H,30,32)(H,31,33). The van der Waals surface area contributed by atoms with Gasteiger partial charge in [-0.25, -0.2) is 0 Å². The van der Waals surface area contributed by atoms with Crippen LogP contribution in [0.2, 0.25) is 0 Å². The average Bonchev–Trinajstić information content (AvgIpc) is 2.83. The second-order valence-corrected chi connectivity index (χ2v) is 8.43. The highest BCUT2D eigenvalue weighted by atomic mass is 19.4. The van der Waals surface area contributed by atoms with E-state index in [-0.39, 0.29) is 5.56 Å². The van der Waals surface area contributed by atoms with Crippen LogP contribution in [0.4, 0.5) is 13.2 Å². The van der Waals surface area contributed by atoms with Gasteiger partial charge in [0, 0.05) is 0 Å². The molecule has 172 valence electrons.